The van der Waals surface area contributed by atoms with Gasteiger partial charge in [-0.15, -0.1) is 0 Å². The molecule has 0 bridgehead atoms. The average molecular weight is 325 g/mol. The van der Waals surface area contributed by atoms with Crippen LogP contribution in [0.5, 0.6) is 5.75 Å². The fourth-order valence-electron chi connectivity index (χ4n) is 1.86. The van der Waals surface area contributed by atoms with Crippen molar-refractivity contribution in [3.63, 3.8) is 0 Å². The largest absolute Gasteiger partial charge is 0.496 e. The lowest BCUT2D eigenvalue weighted by molar-refractivity contribution is 0.0689. The number of carboxylic acid groups (broad SMARTS) is 1. The molecule has 0 radical (unpaired) electrons. The number of methoxy groups -OCH3 is 1. The number of nitrogens with zero attached hydrogens (tertiary/aromatic N) is 1. The lowest BCUT2D eigenvalue weighted by atomic mass is 10.1. The van der Waals surface area contributed by atoms with E-state index in [1.54, 1.807) is 7.11 Å². The maximum atomic E-state index is 11.0. The number of aryl methyl sites for hydroxylation is 1. The van der Waals surface area contributed by atoms with Crippen LogP contribution in [0.3, 0.4) is 0 Å². The fraction of sp³-hybridized carbons (Fsp3) is 0.231. The van der Waals surface area contributed by atoms with Gasteiger partial charge in [0.15, 0.2) is 5.69 Å². The van der Waals surface area contributed by atoms with E-state index in [1.807, 2.05) is 25.1 Å². The Morgan fingerprint density at radius 1 is 1.53 bits per heavy atom. The van der Waals surface area contributed by atoms with Crippen LogP contribution in [0.4, 0.5) is 0 Å². The second-order valence-electron chi connectivity index (χ2n) is 3.95. The van der Waals surface area contributed by atoms with Gasteiger partial charge in [0.1, 0.15) is 11.4 Å². The van der Waals surface area contributed by atoms with Gasteiger partial charge >= 0.3 is 5.97 Å². The van der Waals surface area contributed by atoms with E-state index < -0.39 is 5.97 Å². The highest BCUT2D eigenvalue weighted by atomic mass is 79.9. The molecule has 100 valence electrons. The molecule has 0 spiro atoms. The molecular weight excluding hydrogens is 312 g/mol. The summed E-state index contributed by atoms with van der Waals surface area (Å²) in [5, 5.41) is 15.5. The monoisotopic (exact) mass is 324 g/mol. The van der Waals surface area contributed by atoms with Gasteiger partial charge in [-0.05, 0) is 46.1 Å². The Kier molecular flexibility index (Phi) is 3.90. The van der Waals surface area contributed by atoms with Crippen LogP contribution in [-0.2, 0) is 6.42 Å². The minimum atomic E-state index is -1.05. The number of aromatic nitrogens is 2. The van der Waals surface area contributed by atoms with Crippen molar-refractivity contribution in [2.45, 2.75) is 13.3 Å². The van der Waals surface area contributed by atoms with Crippen molar-refractivity contribution in [2.24, 2.45) is 0 Å². The van der Waals surface area contributed by atoms with Crippen LogP contribution in [0.2, 0.25) is 0 Å². The molecule has 2 aromatic rings. The molecule has 0 saturated carbocycles. The maximum Gasteiger partial charge on any atom is 0.355 e. The second kappa shape index (κ2) is 5.44. The van der Waals surface area contributed by atoms with E-state index >= 15 is 0 Å². The molecule has 1 aromatic heterocycles. The molecule has 1 heterocycles. The van der Waals surface area contributed by atoms with Crippen molar-refractivity contribution in [3.8, 4) is 17.0 Å². The summed E-state index contributed by atoms with van der Waals surface area (Å²) in [6.07, 6.45) is 0.824. The Morgan fingerprint density at radius 3 is 2.79 bits per heavy atom. The van der Waals surface area contributed by atoms with Crippen molar-refractivity contribution in [1.82, 2.24) is 10.2 Å². The number of benzene rings is 1. The smallest absolute Gasteiger partial charge is 0.355 e. The first-order chi connectivity index (χ1) is 9.08. The Morgan fingerprint density at radius 2 is 2.26 bits per heavy atom. The number of aromatic carboxylic acids is 1. The molecule has 0 atom stereocenters. The number of halogens is 1. The quantitative estimate of drug-likeness (QED) is 0.906. The summed E-state index contributed by atoms with van der Waals surface area (Å²) < 4.78 is 5.72. The summed E-state index contributed by atoms with van der Waals surface area (Å²) in [4.78, 5) is 11.0. The van der Waals surface area contributed by atoms with E-state index in [0.717, 1.165) is 23.3 Å². The summed E-state index contributed by atoms with van der Waals surface area (Å²) in [6.45, 7) is 2.03. The van der Waals surface area contributed by atoms with E-state index in [4.69, 9.17) is 9.84 Å². The van der Waals surface area contributed by atoms with Crippen LogP contribution >= 0.6 is 15.9 Å². The van der Waals surface area contributed by atoms with Crippen molar-refractivity contribution in [3.05, 3.63) is 33.9 Å². The molecule has 0 amide bonds. The topological polar surface area (TPSA) is 75.2 Å². The van der Waals surface area contributed by atoms with Crippen LogP contribution in [0, 0.1) is 0 Å². The van der Waals surface area contributed by atoms with Gasteiger partial charge in [-0.3, -0.25) is 5.10 Å². The number of carbonyl (C=O) groups is 1. The summed E-state index contributed by atoms with van der Waals surface area (Å²) >= 11 is 3.26. The van der Waals surface area contributed by atoms with Crippen LogP contribution in [0.25, 0.3) is 11.3 Å². The Hall–Kier alpha value is -1.82. The van der Waals surface area contributed by atoms with E-state index in [2.05, 4.69) is 26.1 Å². The third-order valence-electron chi connectivity index (χ3n) is 2.86. The highest BCUT2D eigenvalue weighted by molar-refractivity contribution is 9.10. The van der Waals surface area contributed by atoms with E-state index in [-0.39, 0.29) is 5.69 Å². The summed E-state index contributed by atoms with van der Waals surface area (Å²) in [5.74, 6) is -0.230. The second-order valence-corrected chi connectivity index (χ2v) is 4.74. The number of H-pyrrole nitrogens is 1. The molecule has 19 heavy (non-hydrogen) atoms. The molecule has 0 aliphatic rings. The fourth-order valence-corrected chi connectivity index (χ4v) is 2.44. The number of carboxylic acids is 1. The van der Waals surface area contributed by atoms with Crippen LogP contribution in [0.15, 0.2) is 22.7 Å². The van der Waals surface area contributed by atoms with Gasteiger partial charge in [0, 0.05) is 5.56 Å². The standard InChI is InChI=1S/C13H13BrN2O3/c1-3-7-6-8(4-5-9(7)19-2)11-10(14)12(13(17)18)16-15-11/h4-6H,3H2,1-2H3,(H,15,16)(H,17,18). The van der Waals surface area contributed by atoms with Crippen molar-refractivity contribution < 1.29 is 14.6 Å². The summed E-state index contributed by atoms with van der Waals surface area (Å²) in [5.41, 5.74) is 2.51. The predicted octanol–water partition coefficient (Wildman–Crippen LogP) is 3.11. The number of hydrogen-bond acceptors (Lipinski definition) is 3. The highest BCUT2D eigenvalue weighted by Crippen LogP contribution is 2.32. The average Bonchev–Trinajstić information content (AvgIpc) is 2.80. The number of hydrogen-bond donors (Lipinski definition) is 2. The molecule has 1 aromatic carbocycles. The molecular formula is C13H13BrN2O3. The molecule has 0 unspecified atom stereocenters. The third kappa shape index (κ3) is 2.49. The summed E-state index contributed by atoms with van der Waals surface area (Å²) in [6, 6.07) is 5.66. The van der Waals surface area contributed by atoms with Gasteiger partial charge in [-0.2, -0.15) is 5.10 Å². The normalized spacial score (nSPS) is 10.5. The first-order valence-corrected chi connectivity index (χ1v) is 6.52. The number of ether oxygens (including phenoxy) is 1. The molecule has 2 rings (SSSR count). The van der Waals surface area contributed by atoms with Gasteiger partial charge in [0.25, 0.3) is 0 Å². The van der Waals surface area contributed by atoms with Crippen LogP contribution < -0.4 is 4.74 Å². The zero-order valence-electron chi connectivity index (χ0n) is 10.5. The third-order valence-corrected chi connectivity index (χ3v) is 3.63. The van der Waals surface area contributed by atoms with Gasteiger partial charge in [-0.1, -0.05) is 6.92 Å². The minimum Gasteiger partial charge on any atom is -0.496 e. The van der Waals surface area contributed by atoms with Crippen LogP contribution in [-0.4, -0.2) is 28.4 Å². The predicted molar refractivity (Wildman–Crippen MR) is 74.6 cm³/mol. The zero-order valence-corrected chi connectivity index (χ0v) is 12.1. The van der Waals surface area contributed by atoms with Gasteiger partial charge in [-0.25, -0.2) is 4.79 Å². The van der Waals surface area contributed by atoms with E-state index in [0.29, 0.717) is 10.2 Å². The Balaban J connectivity index is 2.50. The van der Waals surface area contributed by atoms with E-state index in [9.17, 15) is 4.79 Å². The maximum absolute atomic E-state index is 11.0. The lowest BCUT2D eigenvalue weighted by Gasteiger charge is -2.08. The molecule has 6 heteroatoms. The molecule has 0 aliphatic carbocycles. The number of nitrogens with one attached hydrogen (secondary N) is 1. The molecule has 0 saturated heterocycles. The van der Waals surface area contributed by atoms with Gasteiger partial charge in [0.2, 0.25) is 0 Å². The number of rotatable bonds is 4. The van der Waals surface area contributed by atoms with Gasteiger partial charge < -0.3 is 9.84 Å². The molecule has 2 N–H and O–H groups in total. The SMILES string of the molecule is CCc1cc(-c2n[nH]c(C(=O)O)c2Br)ccc1OC. The first-order valence-electron chi connectivity index (χ1n) is 5.72. The molecule has 0 fully saturated rings. The number of aromatic amines is 1. The zero-order chi connectivity index (χ0) is 14.0. The highest BCUT2D eigenvalue weighted by Gasteiger charge is 2.18. The van der Waals surface area contributed by atoms with E-state index in [1.165, 1.54) is 0 Å². The van der Waals surface area contributed by atoms with Gasteiger partial charge in [0.05, 0.1) is 11.6 Å². The first kappa shape index (κ1) is 13.6. The molecule has 5 nitrogen and oxygen atoms in total. The summed E-state index contributed by atoms with van der Waals surface area (Å²) in [7, 11) is 1.63. The van der Waals surface area contributed by atoms with Crippen molar-refractivity contribution in [2.75, 3.05) is 7.11 Å². The lowest BCUT2D eigenvalue weighted by Crippen LogP contribution is -1.97. The van der Waals surface area contributed by atoms with Crippen molar-refractivity contribution >= 4 is 21.9 Å². The van der Waals surface area contributed by atoms with Crippen molar-refractivity contribution in [1.29, 1.82) is 0 Å². The Labute approximate surface area is 118 Å². The minimum absolute atomic E-state index is 0.0452. The van der Waals surface area contributed by atoms with Crippen LogP contribution in [0.1, 0.15) is 23.0 Å². The molecule has 0 aliphatic heterocycles. The Bertz CT molecular complexity index is 622.